The van der Waals surface area contributed by atoms with Crippen LogP contribution >= 0.6 is 0 Å². The van der Waals surface area contributed by atoms with Crippen LogP contribution in [0, 0.1) is 17.8 Å². The van der Waals surface area contributed by atoms with Gasteiger partial charge in [-0.25, -0.2) is 4.79 Å². The highest BCUT2D eigenvalue weighted by Gasteiger charge is 2.75. The molecule has 0 saturated heterocycles. The highest BCUT2D eigenvalue weighted by molar-refractivity contribution is 7.87. The molecule has 2 rings (SSSR count). The summed E-state index contributed by atoms with van der Waals surface area (Å²) in [5.74, 6) is -11.0. The molecule has 0 radical (unpaired) electrons. The first-order valence-corrected chi connectivity index (χ1v) is 13.0. The summed E-state index contributed by atoms with van der Waals surface area (Å²) < 4.78 is 173. The van der Waals surface area contributed by atoms with Crippen molar-refractivity contribution in [3.8, 4) is 0 Å². The fourth-order valence-electron chi connectivity index (χ4n) is 5.18. The molecule has 0 aromatic rings. The summed E-state index contributed by atoms with van der Waals surface area (Å²) in [5.41, 5.74) is -5.53. The van der Waals surface area contributed by atoms with E-state index >= 15 is 0 Å². The van der Waals surface area contributed by atoms with Crippen LogP contribution in [0.15, 0.2) is 12.2 Å². The normalized spacial score (nSPS) is 25.6. The largest absolute Gasteiger partial charge is 0.459 e. The van der Waals surface area contributed by atoms with Gasteiger partial charge in [0, 0.05) is 12.3 Å². The second-order valence-corrected chi connectivity index (χ2v) is 11.1. The van der Waals surface area contributed by atoms with E-state index < -0.39 is 107 Å². The molecule has 0 aliphatic heterocycles. The molecule has 0 spiro atoms. The third kappa shape index (κ3) is 6.64. The van der Waals surface area contributed by atoms with E-state index in [0.29, 0.717) is 6.42 Å². The Kier molecular flexibility index (Phi) is 9.73. The molecule has 0 aromatic carbocycles. The highest BCUT2D eigenvalue weighted by Crippen LogP contribution is 2.57. The maximum atomic E-state index is 13.5. The van der Waals surface area contributed by atoms with Gasteiger partial charge in [-0.15, -0.1) is 0 Å². The number of hydrogen-bond donors (Lipinski definition) is 2. The fraction of sp³-hybridized carbons (Fsp3) is 0.857. The number of esters is 1. The van der Waals surface area contributed by atoms with Crippen LogP contribution in [0.3, 0.4) is 0 Å². The number of carbonyl (C=O) groups excluding carboxylic acids is 1. The van der Waals surface area contributed by atoms with Crippen molar-refractivity contribution in [1.82, 2.24) is 0 Å². The molecular formula is C21H26F10O7S. The number of halogens is 10. The Morgan fingerprint density at radius 3 is 1.87 bits per heavy atom. The minimum absolute atomic E-state index is 0.0929. The molecular weight excluding hydrogens is 586 g/mol. The van der Waals surface area contributed by atoms with E-state index in [-0.39, 0.29) is 19.3 Å². The number of alkyl halides is 10. The van der Waals surface area contributed by atoms with Crippen LogP contribution in [-0.4, -0.2) is 72.5 Å². The van der Waals surface area contributed by atoms with Gasteiger partial charge in [-0.2, -0.15) is 52.3 Å². The highest BCUT2D eigenvalue weighted by atomic mass is 32.2. The summed E-state index contributed by atoms with van der Waals surface area (Å²) in [5, 5.41) is 4.12. The first kappa shape index (κ1) is 33.5. The van der Waals surface area contributed by atoms with Crippen LogP contribution < -0.4 is 0 Å². The zero-order valence-corrected chi connectivity index (χ0v) is 20.8. The molecule has 0 heterocycles. The van der Waals surface area contributed by atoms with Crippen LogP contribution in [0.2, 0.25) is 0 Å². The van der Waals surface area contributed by atoms with Crippen molar-refractivity contribution >= 4 is 16.1 Å². The van der Waals surface area contributed by atoms with Crippen molar-refractivity contribution in [2.45, 2.75) is 80.2 Å². The van der Waals surface area contributed by atoms with E-state index in [4.69, 9.17) is 9.29 Å². The molecule has 2 aliphatic rings. The van der Waals surface area contributed by atoms with Crippen LogP contribution in [0.4, 0.5) is 43.9 Å². The van der Waals surface area contributed by atoms with Crippen LogP contribution in [-0.2, 0) is 24.4 Å². The van der Waals surface area contributed by atoms with Gasteiger partial charge >= 0.3 is 39.6 Å². The molecule has 2 N–H and O–H groups in total. The smallest absolute Gasteiger partial charge is 0.431 e. The van der Waals surface area contributed by atoms with E-state index in [2.05, 4.69) is 11.3 Å². The predicted molar refractivity (Wildman–Crippen MR) is 111 cm³/mol. The second-order valence-electron chi connectivity index (χ2n) is 9.60. The maximum Gasteiger partial charge on any atom is 0.431 e. The number of fused-ring (bicyclic) bond motifs is 1. The van der Waals surface area contributed by atoms with E-state index in [9.17, 15) is 62.2 Å². The predicted octanol–water partition coefficient (Wildman–Crippen LogP) is 5.05. The molecule has 0 aromatic heterocycles. The summed E-state index contributed by atoms with van der Waals surface area (Å²) in [6, 6.07) is 0. The standard InChI is InChI=1S/C21H26F10O7S/c1-11(10-37-9-8-17(22,23)21(30,31)39(34,35)36)16(32)38-15-7-6-14(12-4-2-3-5-13(12)15)18(33,19(24,25)26)20(27,28)29/h12-15,33H,1-10H2,(H,34,35,36). The molecule has 228 valence electrons. The Morgan fingerprint density at radius 2 is 1.38 bits per heavy atom. The Hall–Kier alpha value is -1.66. The molecule has 2 fully saturated rings. The molecule has 0 amide bonds. The zero-order valence-electron chi connectivity index (χ0n) is 20.0. The van der Waals surface area contributed by atoms with Crippen molar-refractivity contribution in [2.24, 2.45) is 17.8 Å². The van der Waals surface area contributed by atoms with E-state index in [1.54, 1.807) is 0 Å². The summed E-state index contributed by atoms with van der Waals surface area (Å²) in [4.78, 5) is 12.4. The van der Waals surface area contributed by atoms with Crippen LogP contribution in [0.1, 0.15) is 44.9 Å². The molecule has 7 nitrogen and oxygen atoms in total. The first-order valence-electron chi connectivity index (χ1n) is 11.5. The Labute approximate surface area is 216 Å². The van der Waals surface area contributed by atoms with E-state index in [0.717, 1.165) is 0 Å². The molecule has 4 atom stereocenters. The van der Waals surface area contributed by atoms with Crippen LogP contribution in [0.5, 0.6) is 0 Å². The first-order chi connectivity index (χ1) is 17.5. The molecule has 2 aliphatic carbocycles. The lowest BCUT2D eigenvalue weighted by atomic mass is 9.59. The lowest BCUT2D eigenvalue weighted by Crippen LogP contribution is -2.65. The summed E-state index contributed by atoms with van der Waals surface area (Å²) in [7, 11) is -6.45. The van der Waals surface area contributed by atoms with Gasteiger partial charge in [-0.05, 0) is 37.5 Å². The van der Waals surface area contributed by atoms with E-state index in [1.165, 1.54) is 0 Å². The molecule has 4 unspecified atom stereocenters. The minimum Gasteiger partial charge on any atom is -0.459 e. The quantitative estimate of drug-likeness (QED) is 0.117. The average Bonchev–Trinajstić information content (AvgIpc) is 2.79. The van der Waals surface area contributed by atoms with Gasteiger partial charge in [0.05, 0.1) is 18.8 Å². The fourth-order valence-corrected chi connectivity index (χ4v) is 5.66. The summed E-state index contributed by atoms with van der Waals surface area (Å²) in [6.07, 6.45) is -15.6. The second kappa shape index (κ2) is 11.3. The SMILES string of the molecule is C=C(COCCC(F)(F)C(F)(F)S(=O)(=O)O)C(=O)OC1CCC(C(O)(C(F)(F)F)C(F)(F)F)C2CCCCC12. The molecule has 0 bridgehead atoms. The number of ether oxygens (including phenoxy) is 2. The van der Waals surface area contributed by atoms with Gasteiger partial charge in [0.2, 0.25) is 0 Å². The van der Waals surface area contributed by atoms with E-state index in [1.807, 2.05) is 0 Å². The van der Waals surface area contributed by atoms with Crippen molar-refractivity contribution in [3.63, 3.8) is 0 Å². The number of carbonyl (C=O) groups is 1. The third-order valence-corrected chi connectivity index (χ3v) is 8.11. The number of hydrogen-bond acceptors (Lipinski definition) is 6. The lowest BCUT2D eigenvalue weighted by Gasteiger charge is -2.51. The Morgan fingerprint density at radius 1 is 0.872 bits per heavy atom. The Bertz CT molecular complexity index is 996. The van der Waals surface area contributed by atoms with Gasteiger partial charge in [-0.1, -0.05) is 19.4 Å². The van der Waals surface area contributed by atoms with Crippen molar-refractivity contribution in [3.05, 3.63) is 12.2 Å². The number of aliphatic hydroxyl groups is 1. The summed E-state index contributed by atoms with van der Waals surface area (Å²) >= 11 is 0. The average molecular weight is 612 g/mol. The van der Waals surface area contributed by atoms with Gasteiger partial charge in [0.25, 0.3) is 5.60 Å². The molecule has 2 saturated carbocycles. The van der Waals surface area contributed by atoms with Gasteiger partial charge in [0.1, 0.15) is 6.10 Å². The molecule has 39 heavy (non-hydrogen) atoms. The minimum atomic E-state index is -6.45. The third-order valence-electron chi connectivity index (χ3n) is 7.17. The van der Waals surface area contributed by atoms with Gasteiger partial charge < -0.3 is 14.6 Å². The van der Waals surface area contributed by atoms with Gasteiger partial charge in [-0.3, -0.25) is 4.55 Å². The van der Waals surface area contributed by atoms with Crippen molar-refractivity contribution < 1.29 is 76.2 Å². The zero-order chi connectivity index (χ0) is 30.2. The van der Waals surface area contributed by atoms with Crippen LogP contribution in [0.25, 0.3) is 0 Å². The number of rotatable bonds is 10. The van der Waals surface area contributed by atoms with Crippen molar-refractivity contribution in [1.29, 1.82) is 0 Å². The topological polar surface area (TPSA) is 110 Å². The Balaban J connectivity index is 2.03. The summed E-state index contributed by atoms with van der Waals surface area (Å²) in [6.45, 7) is 1.15. The van der Waals surface area contributed by atoms with Gasteiger partial charge in [0.15, 0.2) is 0 Å². The maximum absolute atomic E-state index is 13.5. The monoisotopic (exact) mass is 612 g/mol. The van der Waals surface area contributed by atoms with Crippen molar-refractivity contribution in [2.75, 3.05) is 13.2 Å². The molecule has 18 heteroatoms. The lowest BCUT2D eigenvalue weighted by molar-refractivity contribution is -0.394.